The van der Waals surface area contributed by atoms with Gasteiger partial charge in [-0.2, -0.15) is 0 Å². The first-order valence-electron chi connectivity index (χ1n) is 5.84. The summed E-state index contributed by atoms with van der Waals surface area (Å²) in [5, 5.41) is 9.35. The van der Waals surface area contributed by atoms with E-state index in [1.165, 1.54) is 0 Å². The number of hydrogen-bond donors (Lipinski definition) is 1. The molecule has 3 heteroatoms. The monoisotopic (exact) mass is 316 g/mol. The van der Waals surface area contributed by atoms with Gasteiger partial charge in [0, 0.05) is 4.47 Å². The zero-order valence-electron chi connectivity index (χ0n) is 10.4. The van der Waals surface area contributed by atoms with E-state index in [1.54, 1.807) is 18.2 Å². The number of carbonyl (C=O) groups is 1. The van der Waals surface area contributed by atoms with E-state index < -0.39 is 5.97 Å². The number of hydrogen-bond acceptors (Lipinski definition) is 1. The highest BCUT2D eigenvalue weighted by Gasteiger charge is 2.10. The highest BCUT2D eigenvalue weighted by Crippen LogP contribution is 2.24. The SMILES string of the molecule is Cc1ccc(/C=C(/C(=O)O)c2ccccc2)c(Br)c1. The largest absolute Gasteiger partial charge is 0.478 e. The van der Waals surface area contributed by atoms with Crippen LogP contribution in [0.15, 0.2) is 53.0 Å². The summed E-state index contributed by atoms with van der Waals surface area (Å²) in [5.74, 6) is -0.932. The summed E-state index contributed by atoms with van der Waals surface area (Å²) in [4.78, 5) is 11.4. The Morgan fingerprint density at radius 1 is 1.16 bits per heavy atom. The van der Waals surface area contributed by atoms with Crippen LogP contribution in [0.5, 0.6) is 0 Å². The molecule has 0 spiro atoms. The zero-order chi connectivity index (χ0) is 13.8. The van der Waals surface area contributed by atoms with Crippen molar-refractivity contribution in [3.05, 3.63) is 69.7 Å². The number of halogens is 1. The van der Waals surface area contributed by atoms with Gasteiger partial charge in [0.15, 0.2) is 0 Å². The molecule has 0 unspecified atom stereocenters. The van der Waals surface area contributed by atoms with Gasteiger partial charge in [0.2, 0.25) is 0 Å². The van der Waals surface area contributed by atoms with Gasteiger partial charge in [-0.25, -0.2) is 4.79 Å². The summed E-state index contributed by atoms with van der Waals surface area (Å²) in [7, 11) is 0. The second-order valence-corrected chi connectivity index (χ2v) is 5.11. The summed E-state index contributed by atoms with van der Waals surface area (Å²) in [5.41, 5.74) is 2.96. The van der Waals surface area contributed by atoms with Crippen LogP contribution < -0.4 is 0 Å². The predicted molar refractivity (Wildman–Crippen MR) is 80.8 cm³/mol. The molecule has 0 atom stereocenters. The molecule has 0 aliphatic rings. The van der Waals surface area contributed by atoms with Gasteiger partial charge in [0.1, 0.15) is 0 Å². The van der Waals surface area contributed by atoms with E-state index in [2.05, 4.69) is 15.9 Å². The average Bonchev–Trinajstić information content (AvgIpc) is 2.38. The van der Waals surface area contributed by atoms with Gasteiger partial charge in [-0.15, -0.1) is 0 Å². The summed E-state index contributed by atoms with van der Waals surface area (Å²) < 4.78 is 0.891. The highest BCUT2D eigenvalue weighted by molar-refractivity contribution is 9.10. The van der Waals surface area contributed by atoms with Gasteiger partial charge >= 0.3 is 5.97 Å². The van der Waals surface area contributed by atoms with Crippen LogP contribution in [0.2, 0.25) is 0 Å². The second-order valence-electron chi connectivity index (χ2n) is 4.25. The Balaban J connectivity index is 2.51. The molecule has 0 aliphatic carbocycles. The minimum absolute atomic E-state index is 0.283. The van der Waals surface area contributed by atoms with Crippen molar-refractivity contribution in [2.24, 2.45) is 0 Å². The lowest BCUT2D eigenvalue weighted by molar-refractivity contribution is -0.130. The van der Waals surface area contributed by atoms with Crippen LogP contribution in [-0.4, -0.2) is 11.1 Å². The van der Waals surface area contributed by atoms with Crippen LogP contribution in [0.1, 0.15) is 16.7 Å². The van der Waals surface area contributed by atoms with Crippen LogP contribution in [0.3, 0.4) is 0 Å². The Kier molecular flexibility index (Phi) is 4.17. The summed E-state index contributed by atoms with van der Waals surface area (Å²) in [6, 6.07) is 14.9. The molecule has 2 nitrogen and oxygen atoms in total. The third-order valence-corrected chi connectivity index (χ3v) is 3.46. The molecule has 0 radical (unpaired) electrons. The first-order valence-corrected chi connectivity index (χ1v) is 6.64. The molecular weight excluding hydrogens is 304 g/mol. The highest BCUT2D eigenvalue weighted by atomic mass is 79.9. The molecule has 0 amide bonds. The van der Waals surface area contributed by atoms with E-state index in [9.17, 15) is 9.90 Å². The molecule has 0 aliphatic heterocycles. The summed E-state index contributed by atoms with van der Waals surface area (Å²) in [6.07, 6.45) is 1.68. The second kappa shape index (κ2) is 5.85. The summed E-state index contributed by atoms with van der Waals surface area (Å²) in [6.45, 7) is 1.99. The van der Waals surface area contributed by atoms with Crippen LogP contribution in [0, 0.1) is 6.92 Å². The molecule has 19 heavy (non-hydrogen) atoms. The van der Waals surface area contributed by atoms with Crippen LogP contribution in [0.4, 0.5) is 0 Å². The molecule has 1 N–H and O–H groups in total. The fraction of sp³-hybridized carbons (Fsp3) is 0.0625. The number of carboxylic acids is 1. The van der Waals surface area contributed by atoms with Gasteiger partial charge in [-0.05, 0) is 35.8 Å². The molecule has 2 aromatic carbocycles. The Labute approximate surface area is 120 Å². The van der Waals surface area contributed by atoms with Crippen molar-refractivity contribution < 1.29 is 9.90 Å². The van der Waals surface area contributed by atoms with Gasteiger partial charge in [0.05, 0.1) is 5.57 Å². The predicted octanol–water partition coefficient (Wildman–Crippen LogP) is 4.38. The Bertz CT molecular complexity index is 630. The third-order valence-electron chi connectivity index (χ3n) is 2.77. The maximum atomic E-state index is 11.4. The van der Waals surface area contributed by atoms with Crippen molar-refractivity contribution in [1.29, 1.82) is 0 Å². The number of rotatable bonds is 3. The van der Waals surface area contributed by atoms with E-state index in [1.807, 2.05) is 43.3 Å². The summed E-state index contributed by atoms with van der Waals surface area (Å²) >= 11 is 3.46. The molecule has 0 aromatic heterocycles. The van der Waals surface area contributed by atoms with E-state index in [0.29, 0.717) is 5.56 Å². The van der Waals surface area contributed by atoms with Gasteiger partial charge in [-0.1, -0.05) is 58.4 Å². The molecule has 0 heterocycles. The fourth-order valence-electron chi connectivity index (χ4n) is 1.79. The molecule has 0 bridgehead atoms. The molecule has 0 saturated carbocycles. The van der Waals surface area contributed by atoms with Crippen molar-refractivity contribution in [1.82, 2.24) is 0 Å². The molecule has 0 fully saturated rings. The van der Waals surface area contributed by atoms with E-state index in [4.69, 9.17) is 0 Å². The minimum atomic E-state index is -0.932. The molecule has 2 rings (SSSR count). The molecule has 96 valence electrons. The smallest absolute Gasteiger partial charge is 0.336 e. The molecule has 0 saturated heterocycles. The number of benzene rings is 2. The first-order chi connectivity index (χ1) is 9.08. The topological polar surface area (TPSA) is 37.3 Å². The number of aliphatic carboxylic acids is 1. The van der Waals surface area contributed by atoms with E-state index in [0.717, 1.165) is 15.6 Å². The van der Waals surface area contributed by atoms with Gasteiger partial charge in [-0.3, -0.25) is 0 Å². The maximum absolute atomic E-state index is 11.4. The Morgan fingerprint density at radius 2 is 1.84 bits per heavy atom. The van der Waals surface area contributed by atoms with Gasteiger partial charge < -0.3 is 5.11 Å². The number of aryl methyl sites for hydroxylation is 1. The van der Waals surface area contributed by atoms with Crippen LogP contribution in [-0.2, 0) is 4.79 Å². The van der Waals surface area contributed by atoms with Crippen molar-refractivity contribution in [3.8, 4) is 0 Å². The first kappa shape index (κ1) is 13.6. The Hall–Kier alpha value is -1.87. The fourth-order valence-corrected chi connectivity index (χ4v) is 2.40. The zero-order valence-corrected chi connectivity index (χ0v) is 12.0. The van der Waals surface area contributed by atoms with E-state index in [-0.39, 0.29) is 5.57 Å². The van der Waals surface area contributed by atoms with E-state index >= 15 is 0 Å². The van der Waals surface area contributed by atoms with Crippen molar-refractivity contribution >= 4 is 33.5 Å². The lowest BCUT2D eigenvalue weighted by Crippen LogP contribution is -1.99. The average molecular weight is 317 g/mol. The normalized spacial score (nSPS) is 11.4. The standard InChI is InChI=1S/C16H13BrO2/c1-11-7-8-13(15(17)9-11)10-14(16(18)19)12-5-3-2-4-6-12/h2-10H,1H3,(H,18,19)/b14-10+. The van der Waals surface area contributed by atoms with Crippen molar-refractivity contribution in [2.45, 2.75) is 6.92 Å². The third kappa shape index (κ3) is 3.32. The lowest BCUT2D eigenvalue weighted by Gasteiger charge is -2.05. The Morgan fingerprint density at radius 3 is 2.42 bits per heavy atom. The van der Waals surface area contributed by atoms with Crippen LogP contribution >= 0.6 is 15.9 Å². The maximum Gasteiger partial charge on any atom is 0.336 e. The van der Waals surface area contributed by atoms with Gasteiger partial charge in [0.25, 0.3) is 0 Å². The minimum Gasteiger partial charge on any atom is -0.478 e. The quantitative estimate of drug-likeness (QED) is 0.674. The van der Waals surface area contributed by atoms with Crippen molar-refractivity contribution in [2.75, 3.05) is 0 Å². The van der Waals surface area contributed by atoms with Crippen LogP contribution in [0.25, 0.3) is 11.6 Å². The lowest BCUT2D eigenvalue weighted by atomic mass is 10.0. The molecular formula is C16H13BrO2. The van der Waals surface area contributed by atoms with Crippen molar-refractivity contribution in [3.63, 3.8) is 0 Å². The number of carboxylic acid groups (broad SMARTS) is 1. The molecule has 2 aromatic rings.